The molecule has 5 heteroatoms. The molecule has 1 amide bonds. The smallest absolute Gasteiger partial charge is 0.227 e. The van der Waals surface area contributed by atoms with Crippen molar-refractivity contribution < 1.29 is 4.79 Å². The van der Waals surface area contributed by atoms with E-state index < -0.39 is 0 Å². The maximum absolute atomic E-state index is 11.8. The highest BCUT2D eigenvalue weighted by Gasteiger charge is 2.30. The number of aromatic nitrogens is 1. The molecule has 3 nitrogen and oxygen atoms in total. The van der Waals surface area contributed by atoms with Crippen molar-refractivity contribution in [3.63, 3.8) is 0 Å². The molecule has 0 bridgehead atoms. The Balaban J connectivity index is 2.34. The molecule has 16 heavy (non-hydrogen) atoms. The van der Waals surface area contributed by atoms with Gasteiger partial charge in [0.2, 0.25) is 5.91 Å². The second-order valence-electron chi connectivity index (χ2n) is 3.67. The van der Waals surface area contributed by atoms with Crippen molar-refractivity contribution in [2.45, 2.75) is 6.42 Å². The summed E-state index contributed by atoms with van der Waals surface area (Å²) in [5, 5.41) is 0.761. The van der Waals surface area contributed by atoms with Gasteiger partial charge in [-0.2, -0.15) is 0 Å². The molecule has 2 rings (SSSR count). The van der Waals surface area contributed by atoms with Crippen molar-refractivity contribution in [3.05, 3.63) is 35.1 Å². The van der Waals surface area contributed by atoms with Gasteiger partial charge in [-0.3, -0.25) is 4.79 Å². The van der Waals surface area contributed by atoms with Crippen molar-refractivity contribution >= 4 is 34.8 Å². The molecule has 1 aliphatic heterocycles. The predicted octanol–water partition coefficient (Wildman–Crippen LogP) is 2.93. The molecule has 0 N–H and O–H groups in total. The largest absolute Gasteiger partial charge is 0.309 e. The van der Waals surface area contributed by atoms with Crippen LogP contribution in [0.3, 0.4) is 0 Å². The number of hydrogen-bond donors (Lipinski definition) is 0. The zero-order chi connectivity index (χ0) is 11.7. The Bertz CT molecular complexity index is 448. The zero-order valence-electron chi connectivity index (χ0n) is 8.49. The van der Waals surface area contributed by atoms with Crippen molar-refractivity contribution in [2.75, 3.05) is 11.4 Å². The molecule has 0 aliphatic carbocycles. The van der Waals surface area contributed by atoms with E-state index in [-0.39, 0.29) is 11.8 Å². The van der Waals surface area contributed by atoms with Crippen LogP contribution in [0.2, 0.25) is 10.2 Å². The van der Waals surface area contributed by atoms with Crippen LogP contribution in [0.5, 0.6) is 0 Å². The molecule has 1 aromatic rings. The molecule has 1 fully saturated rings. The number of halogens is 2. The van der Waals surface area contributed by atoms with E-state index >= 15 is 0 Å². The highest BCUT2D eigenvalue weighted by Crippen LogP contribution is 2.31. The number of amides is 1. The van der Waals surface area contributed by atoms with Gasteiger partial charge in [0.05, 0.1) is 10.7 Å². The monoisotopic (exact) mass is 256 g/mol. The third-order valence-electron chi connectivity index (χ3n) is 2.57. The molecule has 1 unspecified atom stereocenters. The minimum Gasteiger partial charge on any atom is -0.309 e. The van der Waals surface area contributed by atoms with Gasteiger partial charge >= 0.3 is 0 Å². The highest BCUT2D eigenvalue weighted by atomic mass is 35.5. The maximum Gasteiger partial charge on any atom is 0.227 e. The summed E-state index contributed by atoms with van der Waals surface area (Å²) in [6, 6.07) is 1.65. The lowest BCUT2D eigenvalue weighted by Gasteiger charge is -2.17. The van der Waals surface area contributed by atoms with Crippen LogP contribution >= 0.6 is 23.2 Å². The second kappa shape index (κ2) is 4.44. The molecular weight excluding hydrogens is 247 g/mol. The van der Waals surface area contributed by atoms with Crippen LogP contribution in [0.25, 0.3) is 0 Å². The van der Waals surface area contributed by atoms with Crippen molar-refractivity contribution in [2.24, 2.45) is 5.92 Å². The van der Waals surface area contributed by atoms with Crippen LogP contribution in [0.4, 0.5) is 5.69 Å². The first-order valence-corrected chi connectivity index (χ1v) is 5.61. The Labute approximate surface area is 104 Å². The first-order valence-electron chi connectivity index (χ1n) is 4.85. The van der Waals surface area contributed by atoms with Crippen LogP contribution in [0.1, 0.15) is 6.42 Å². The Morgan fingerprint density at radius 2 is 2.31 bits per heavy atom. The van der Waals surface area contributed by atoms with Crippen LogP contribution < -0.4 is 4.90 Å². The highest BCUT2D eigenvalue weighted by molar-refractivity contribution is 6.34. The van der Waals surface area contributed by atoms with Crippen LogP contribution in [0, 0.1) is 5.92 Å². The van der Waals surface area contributed by atoms with E-state index in [0.717, 1.165) is 0 Å². The lowest BCUT2D eigenvalue weighted by Crippen LogP contribution is -2.24. The van der Waals surface area contributed by atoms with E-state index in [0.29, 0.717) is 28.8 Å². The topological polar surface area (TPSA) is 33.2 Å². The number of pyridine rings is 1. The summed E-state index contributed by atoms with van der Waals surface area (Å²) in [5.74, 6) is 0.193. The SMILES string of the molecule is C=CC1CC(=O)N(c2cc(Cl)cnc2Cl)C1. The van der Waals surface area contributed by atoms with Crippen LogP contribution in [0.15, 0.2) is 24.9 Å². The zero-order valence-corrected chi connectivity index (χ0v) is 10.0. The Kier molecular flexibility index (Phi) is 3.17. The van der Waals surface area contributed by atoms with Gasteiger partial charge in [-0.25, -0.2) is 4.98 Å². The van der Waals surface area contributed by atoms with Gasteiger partial charge in [0.25, 0.3) is 0 Å². The van der Waals surface area contributed by atoms with Crippen LogP contribution in [-0.4, -0.2) is 17.4 Å². The Morgan fingerprint density at radius 1 is 1.56 bits per heavy atom. The quantitative estimate of drug-likeness (QED) is 0.602. The van der Waals surface area contributed by atoms with E-state index in [2.05, 4.69) is 11.6 Å². The van der Waals surface area contributed by atoms with Gasteiger partial charge in [0, 0.05) is 25.1 Å². The van der Waals surface area contributed by atoms with E-state index in [1.807, 2.05) is 0 Å². The van der Waals surface area contributed by atoms with Gasteiger partial charge in [0.15, 0.2) is 5.15 Å². The minimum atomic E-state index is 0.0240. The van der Waals surface area contributed by atoms with E-state index in [4.69, 9.17) is 23.2 Å². The summed E-state index contributed by atoms with van der Waals surface area (Å²) in [6.07, 6.45) is 3.70. The maximum atomic E-state index is 11.8. The molecule has 1 aliphatic rings. The third kappa shape index (κ3) is 2.06. The lowest BCUT2D eigenvalue weighted by molar-refractivity contribution is -0.117. The fourth-order valence-corrected chi connectivity index (χ4v) is 2.08. The van der Waals surface area contributed by atoms with Gasteiger partial charge in [-0.1, -0.05) is 29.3 Å². The van der Waals surface area contributed by atoms with Gasteiger partial charge < -0.3 is 4.90 Å². The Morgan fingerprint density at radius 3 is 2.94 bits per heavy atom. The van der Waals surface area contributed by atoms with E-state index in [1.54, 1.807) is 17.0 Å². The average molecular weight is 257 g/mol. The fraction of sp³-hybridized carbons (Fsp3) is 0.273. The summed E-state index contributed by atoms with van der Waals surface area (Å²) in [6.45, 7) is 4.28. The van der Waals surface area contributed by atoms with E-state index in [9.17, 15) is 4.79 Å². The number of nitrogens with zero attached hydrogens (tertiary/aromatic N) is 2. The third-order valence-corrected chi connectivity index (χ3v) is 3.06. The number of rotatable bonds is 2. The molecule has 1 atom stereocenters. The van der Waals surface area contributed by atoms with Gasteiger partial charge in [-0.05, 0) is 6.07 Å². The van der Waals surface area contributed by atoms with Crippen LogP contribution in [-0.2, 0) is 4.79 Å². The standard InChI is InChI=1S/C11H10Cl2N2O/c1-2-7-3-10(16)15(6-7)9-4-8(12)5-14-11(9)13/h2,4-5,7H,1,3,6H2. The molecule has 1 saturated heterocycles. The van der Waals surface area contributed by atoms with E-state index in [1.165, 1.54) is 6.20 Å². The molecule has 0 saturated carbocycles. The van der Waals surface area contributed by atoms with Crippen molar-refractivity contribution in [3.8, 4) is 0 Å². The molecular formula is C11H10Cl2N2O. The van der Waals surface area contributed by atoms with Crippen molar-refractivity contribution in [1.82, 2.24) is 4.98 Å². The molecule has 1 aromatic heterocycles. The summed E-state index contributed by atoms with van der Waals surface area (Å²) >= 11 is 11.8. The lowest BCUT2D eigenvalue weighted by atomic mass is 10.1. The summed E-state index contributed by atoms with van der Waals surface area (Å²) in [7, 11) is 0. The fourth-order valence-electron chi connectivity index (χ4n) is 1.73. The average Bonchev–Trinajstić information content (AvgIpc) is 2.63. The van der Waals surface area contributed by atoms with Gasteiger partial charge in [-0.15, -0.1) is 6.58 Å². The number of carbonyl (C=O) groups excluding carboxylic acids is 1. The first kappa shape index (κ1) is 11.4. The summed E-state index contributed by atoms with van der Waals surface area (Å²) < 4.78 is 0. The second-order valence-corrected chi connectivity index (χ2v) is 4.46. The summed E-state index contributed by atoms with van der Waals surface area (Å²) in [5.41, 5.74) is 0.573. The predicted molar refractivity (Wildman–Crippen MR) is 64.9 cm³/mol. The molecule has 0 radical (unpaired) electrons. The molecule has 0 spiro atoms. The Hall–Kier alpha value is -1.06. The first-order chi connectivity index (χ1) is 7.61. The summed E-state index contributed by atoms with van der Waals surface area (Å²) in [4.78, 5) is 17.3. The minimum absolute atomic E-state index is 0.0240. The van der Waals surface area contributed by atoms with Crippen molar-refractivity contribution in [1.29, 1.82) is 0 Å². The number of anilines is 1. The number of hydrogen-bond acceptors (Lipinski definition) is 2. The number of carbonyl (C=O) groups is 1. The molecule has 0 aromatic carbocycles. The molecule has 84 valence electrons. The molecule has 2 heterocycles. The van der Waals surface area contributed by atoms with Gasteiger partial charge in [0.1, 0.15) is 0 Å². The normalized spacial score (nSPS) is 20.2.